The zero-order chi connectivity index (χ0) is 6.69. The summed E-state index contributed by atoms with van der Waals surface area (Å²) in [5.41, 5.74) is 0. The molecule has 54 valence electrons. The van der Waals surface area contributed by atoms with Crippen LogP contribution in [-0.2, 0) is 4.74 Å². The summed E-state index contributed by atoms with van der Waals surface area (Å²) < 4.78 is 5.26. The molecule has 9 heavy (non-hydrogen) atoms. The van der Waals surface area contributed by atoms with Crippen LogP contribution in [0.4, 0.5) is 0 Å². The maximum Gasteiger partial charge on any atom is 0.0687 e. The van der Waals surface area contributed by atoms with E-state index >= 15 is 0 Å². The zero-order valence-corrected chi connectivity index (χ0v) is 6.18. The van der Waals surface area contributed by atoms with Gasteiger partial charge in [0.15, 0.2) is 0 Å². The first-order valence-corrected chi connectivity index (χ1v) is 3.86. The Bertz CT molecular complexity index is 87.1. The van der Waals surface area contributed by atoms with E-state index in [-0.39, 0.29) is 12.2 Å². The molecule has 3 heteroatoms. The molecule has 0 spiro atoms. The van der Waals surface area contributed by atoms with E-state index in [0.29, 0.717) is 6.61 Å². The number of hydrogen-bond acceptors (Lipinski definition) is 3. The SMILES string of the molecule is OC1CCOC(CS)C1. The zero-order valence-electron chi connectivity index (χ0n) is 5.29. The Morgan fingerprint density at radius 1 is 1.67 bits per heavy atom. The molecular formula is C6H12O2S. The highest BCUT2D eigenvalue weighted by Crippen LogP contribution is 2.13. The Balaban J connectivity index is 2.23. The van der Waals surface area contributed by atoms with Gasteiger partial charge >= 0.3 is 0 Å². The van der Waals surface area contributed by atoms with E-state index in [1.54, 1.807) is 0 Å². The average Bonchev–Trinajstić information content (AvgIpc) is 1.88. The molecule has 1 saturated heterocycles. The first kappa shape index (κ1) is 7.38. The van der Waals surface area contributed by atoms with Crippen LogP contribution in [0.15, 0.2) is 0 Å². The monoisotopic (exact) mass is 148 g/mol. The third-order valence-electron chi connectivity index (χ3n) is 1.54. The van der Waals surface area contributed by atoms with Crippen molar-refractivity contribution in [1.29, 1.82) is 0 Å². The fourth-order valence-electron chi connectivity index (χ4n) is 0.987. The fraction of sp³-hybridized carbons (Fsp3) is 1.00. The van der Waals surface area contributed by atoms with Crippen LogP contribution in [0, 0.1) is 0 Å². The molecule has 1 heterocycles. The van der Waals surface area contributed by atoms with E-state index in [0.717, 1.165) is 18.6 Å². The van der Waals surface area contributed by atoms with Gasteiger partial charge in [0.2, 0.25) is 0 Å². The van der Waals surface area contributed by atoms with Gasteiger partial charge in [0.1, 0.15) is 0 Å². The first-order chi connectivity index (χ1) is 4.33. The molecule has 1 aliphatic heterocycles. The highest BCUT2D eigenvalue weighted by atomic mass is 32.1. The number of hydrogen-bond donors (Lipinski definition) is 2. The Morgan fingerprint density at radius 2 is 2.44 bits per heavy atom. The Hall–Kier alpha value is 0.270. The molecule has 0 aromatic rings. The third kappa shape index (κ3) is 2.16. The van der Waals surface area contributed by atoms with Crippen molar-refractivity contribution < 1.29 is 9.84 Å². The predicted octanol–water partition coefficient (Wildman–Crippen LogP) is 0.456. The average molecular weight is 148 g/mol. The van der Waals surface area contributed by atoms with Crippen LogP contribution < -0.4 is 0 Å². The number of ether oxygens (including phenoxy) is 1. The standard InChI is InChI=1S/C6H12O2S/c7-5-1-2-8-6(3-5)4-9/h5-7,9H,1-4H2. The lowest BCUT2D eigenvalue weighted by atomic mass is 10.1. The van der Waals surface area contributed by atoms with E-state index < -0.39 is 0 Å². The van der Waals surface area contributed by atoms with Gasteiger partial charge in [0, 0.05) is 18.8 Å². The van der Waals surface area contributed by atoms with Gasteiger partial charge in [0.25, 0.3) is 0 Å². The summed E-state index contributed by atoms with van der Waals surface area (Å²) in [5, 5.41) is 9.10. The summed E-state index contributed by atoms with van der Waals surface area (Å²) in [4.78, 5) is 0. The molecule has 0 bridgehead atoms. The van der Waals surface area contributed by atoms with Crippen molar-refractivity contribution in [3.8, 4) is 0 Å². The van der Waals surface area contributed by atoms with Crippen molar-refractivity contribution in [2.75, 3.05) is 12.4 Å². The van der Waals surface area contributed by atoms with Crippen molar-refractivity contribution >= 4 is 12.6 Å². The van der Waals surface area contributed by atoms with E-state index in [2.05, 4.69) is 12.6 Å². The van der Waals surface area contributed by atoms with E-state index in [1.165, 1.54) is 0 Å². The summed E-state index contributed by atoms with van der Waals surface area (Å²) in [6.45, 7) is 0.687. The highest BCUT2D eigenvalue weighted by molar-refractivity contribution is 7.80. The molecule has 1 fully saturated rings. The summed E-state index contributed by atoms with van der Waals surface area (Å²) in [5.74, 6) is 0.719. The highest BCUT2D eigenvalue weighted by Gasteiger charge is 2.18. The quantitative estimate of drug-likeness (QED) is 0.529. The maximum atomic E-state index is 9.10. The number of aliphatic hydroxyl groups is 1. The van der Waals surface area contributed by atoms with Crippen molar-refractivity contribution in [2.45, 2.75) is 25.0 Å². The Morgan fingerprint density at radius 3 is 2.89 bits per heavy atom. The lowest BCUT2D eigenvalue weighted by Crippen LogP contribution is -2.29. The fourth-order valence-corrected chi connectivity index (χ4v) is 1.24. The largest absolute Gasteiger partial charge is 0.393 e. The molecule has 0 amide bonds. The summed E-state index contributed by atoms with van der Waals surface area (Å²) in [6, 6.07) is 0. The second kappa shape index (κ2) is 3.44. The second-order valence-electron chi connectivity index (χ2n) is 2.35. The van der Waals surface area contributed by atoms with Gasteiger partial charge in [-0.1, -0.05) is 0 Å². The van der Waals surface area contributed by atoms with Crippen molar-refractivity contribution in [2.24, 2.45) is 0 Å². The minimum Gasteiger partial charge on any atom is -0.393 e. The molecule has 0 aromatic heterocycles. The first-order valence-electron chi connectivity index (χ1n) is 3.23. The van der Waals surface area contributed by atoms with Crippen molar-refractivity contribution in [1.82, 2.24) is 0 Å². The van der Waals surface area contributed by atoms with Gasteiger partial charge in [-0.05, 0) is 6.42 Å². The van der Waals surface area contributed by atoms with Crippen molar-refractivity contribution in [3.63, 3.8) is 0 Å². The van der Waals surface area contributed by atoms with E-state index in [4.69, 9.17) is 9.84 Å². The van der Waals surface area contributed by atoms with Crippen LogP contribution in [0.2, 0.25) is 0 Å². The molecule has 1 N–H and O–H groups in total. The molecule has 0 aliphatic carbocycles. The minimum absolute atomic E-state index is 0.157. The van der Waals surface area contributed by atoms with Gasteiger partial charge in [-0.15, -0.1) is 0 Å². The molecular weight excluding hydrogens is 136 g/mol. The molecule has 2 atom stereocenters. The van der Waals surface area contributed by atoms with Gasteiger partial charge in [-0.2, -0.15) is 12.6 Å². The van der Waals surface area contributed by atoms with Gasteiger partial charge in [-0.25, -0.2) is 0 Å². The van der Waals surface area contributed by atoms with Gasteiger partial charge in [0.05, 0.1) is 12.2 Å². The smallest absolute Gasteiger partial charge is 0.0687 e. The van der Waals surface area contributed by atoms with Gasteiger partial charge < -0.3 is 9.84 Å². The Kier molecular flexibility index (Phi) is 2.82. The van der Waals surface area contributed by atoms with Gasteiger partial charge in [-0.3, -0.25) is 0 Å². The van der Waals surface area contributed by atoms with Crippen molar-refractivity contribution in [3.05, 3.63) is 0 Å². The lowest BCUT2D eigenvalue weighted by molar-refractivity contribution is -0.0316. The molecule has 0 radical (unpaired) electrons. The summed E-state index contributed by atoms with van der Waals surface area (Å²) in [6.07, 6.45) is 1.56. The number of aliphatic hydroxyl groups excluding tert-OH is 1. The molecule has 2 nitrogen and oxygen atoms in total. The lowest BCUT2D eigenvalue weighted by Gasteiger charge is -2.24. The topological polar surface area (TPSA) is 29.5 Å². The van der Waals surface area contributed by atoms with Crippen LogP contribution in [-0.4, -0.2) is 29.7 Å². The van der Waals surface area contributed by atoms with Crippen LogP contribution in [0.25, 0.3) is 0 Å². The molecule has 2 unspecified atom stereocenters. The summed E-state index contributed by atoms with van der Waals surface area (Å²) >= 11 is 4.07. The van der Waals surface area contributed by atoms with Crippen LogP contribution in [0.3, 0.4) is 0 Å². The predicted molar refractivity (Wildman–Crippen MR) is 38.8 cm³/mol. The van der Waals surface area contributed by atoms with E-state index in [1.807, 2.05) is 0 Å². The van der Waals surface area contributed by atoms with Crippen LogP contribution >= 0.6 is 12.6 Å². The van der Waals surface area contributed by atoms with Crippen LogP contribution in [0.5, 0.6) is 0 Å². The van der Waals surface area contributed by atoms with E-state index in [9.17, 15) is 0 Å². The molecule has 0 aromatic carbocycles. The number of thiol groups is 1. The molecule has 0 saturated carbocycles. The minimum atomic E-state index is -0.157. The second-order valence-corrected chi connectivity index (χ2v) is 2.72. The third-order valence-corrected chi connectivity index (χ3v) is 1.95. The Labute approximate surface area is 60.6 Å². The summed E-state index contributed by atoms with van der Waals surface area (Å²) in [7, 11) is 0. The maximum absolute atomic E-state index is 9.10. The van der Waals surface area contributed by atoms with Crippen LogP contribution in [0.1, 0.15) is 12.8 Å². The molecule has 1 aliphatic rings. The normalized spacial score (nSPS) is 36.7. The molecule has 1 rings (SSSR count). The number of rotatable bonds is 1.